The van der Waals surface area contributed by atoms with E-state index in [2.05, 4.69) is 20.3 Å². The van der Waals surface area contributed by atoms with Crippen LogP contribution in [0.5, 0.6) is 11.8 Å². The molecule has 1 N–H and O–H groups in total. The molecule has 3 rings (SSSR count). The molecule has 0 aliphatic heterocycles. The summed E-state index contributed by atoms with van der Waals surface area (Å²) < 4.78 is 15.9. The number of hydrogen-bond acceptors (Lipinski definition) is 8. The third kappa shape index (κ3) is 3.51. The van der Waals surface area contributed by atoms with Crippen LogP contribution in [0.2, 0.25) is 0 Å². The molecule has 9 nitrogen and oxygen atoms in total. The van der Waals surface area contributed by atoms with Gasteiger partial charge in [-0.1, -0.05) is 12.1 Å². The molecule has 0 radical (unpaired) electrons. The number of furan rings is 1. The Hall–Kier alpha value is -3.36. The second-order valence-corrected chi connectivity index (χ2v) is 5.60. The summed E-state index contributed by atoms with van der Waals surface area (Å²) in [4.78, 5) is 26.7. The zero-order valence-corrected chi connectivity index (χ0v) is 14.9. The summed E-state index contributed by atoms with van der Waals surface area (Å²) >= 11 is 0. The number of methoxy groups -OCH3 is 2. The van der Waals surface area contributed by atoms with E-state index in [0.717, 1.165) is 5.39 Å². The highest BCUT2D eigenvalue weighted by atomic mass is 16.5. The Morgan fingerprint density at radius 1 is 1.19 bits per heavy atom. The minimum absolute atomic E-state index is 0.104. The predicted octanol–water partition coefficient (Wildman–Crippen LogP) is 1.63. The van der Waals surface area contributed by atoms with Gasteiger partial charge in [-0.15, -0.1) is 0 Å². The molecule has 0 saturated carbocycles. The van der Waals surface area contributed by atoms with Crippen molar-refractivity contribution in [1.82, 2.24) is 20.3 Å². The smallest absolute Gasteiger partial charge is 0.321 e. The minimum atomic E-state index is -0.381. The molecule has 0 aliphatic rings. The standard InChI is InChI=1S/C17H19N5O4/c1-22(2)16-19-13(20-17(21-16)25-4)9-18-15(23)12-8-10-6-5-7-11(24-3)14(10)26-12/h5-8H,9H2,1-4H3,(H,18,23). The van der Waals surface area contributed by atoms with E-state index in [-0.39, 0.29) is 24.2 Å². The molecule has 136 valence electrons. The van der Waals surface area contributed by atoms with Gasteiger partial charge < -0.3 is 24.1 Å². The summed E-state index contributed by atoms with van der Waals surface area (Å²) in [5.41, 5.74) is 0.525. The fraction of sp³-hybridized carbons (Fsp3) is 0.294. The number of aromatic nitrogens is 3. The van der Waals surface area contributed by atoms with Crippen LogP contribution in [-0.2, 0) is 6.54 Å². The molecule has 26 heavy (non-hydrogen) atoms. The number of para-hydroxylation sites is 1. The fourth-order valence-electron chi connectivity index (χ4n) is 2.31. The van der Waals surface area contributed by atoms with Crippen LogP contribution in [0.25, 0.3) is 11.0 Å². The van der Waals surface area contributed by atoms with Crippen LogP contribution in [0.1, 0.15) is 16.4 Å². The van der Waals surface area contributed by atoms with E-state index in [9.17, 15) is 4.79 Å². The topological polar surface area (TPSA) is 103 Å². The molecular formula is C17H19N5O4. The predicted molar refractivity (Wildman–Crippen MR) is 94.6 cm³/mol. The van der Waals surface area contributed by atoms with Gasteiger partial charge in [0, 0.05) is 19.5 Å². The second-order valence-electron chi connectivity index (χ2n) is 5.60. The highest BCUT2D eigenvalue weighted by Crippen LogP contribution is 2.28. The average Bonchev–Trinajstić information content (AvgIpc) is 3.10. The molecule has 0 unspecified atom stereocenters. The SMILES string of the molecule is COc1nc(CNC(=O)c2cc3cccc(OC)c3o2)nc(N(C)C)n1. The van der Waals surface area contributed by atoms with Crippen LogP contribution in [-0.4, -0.2) is 49.2 Å². The van der Waals surface area contributed by atoms with E-state index < -0.39 is 0 Å². The molecule has 3 aromatic rings. The molecule has 0 aliphatic carbocycles. The lowest BCUT2D eigenvalue weighted by Crippen LogP contribution is -2.24. The van der Waals surface area contributed by atoms with Gasteiger partial charge in [-0.25, -0.2) is 0 Å². The third-order valence-electron chi connectivity index (χ3n) is 3.59. The summed E-state index contributed by atoms with van der Waals surface area (Å²) in [6.45, 7) is 0.104. The van der Waals surface area contributed by atoms with Crippen molar-refractivity contribution in [2.45, 2.75) is 6.54 Å². The largest absolute Gasteiger partial charge is 0.493 e. The lowest BCUT2D eigenvalue weighted by Gasteiger charge is -2.12. The number of amides is 1. The summed E-state index contributed by atoms with van der Waals surface area (Å²) in [6.07, 6.45) is 0. The van der Waals surface area contributed by atoms with Gasteiger partial charge >= 0.3 is 6.01 Å². The molecule has 0 saturated heterocycles. The number of ether oxygens (including phenoxy) is 2. The van der Waals surface area contributed by atoms with Crippen LogP contribution in [0.4, 0.5) is 5.95 Å². The van der Waals surface area contributed by atoms with Crippen molar-refractivity contribution in [3.8, 4) is 11.8 Å². The van der Waals surface area contributed by atoms with Gasteiger partial charge in [0.1, 0.15) is 0 Å². The van der Waals surface area contributed by atoms with E-state index in [1.807, 2.05) is 12.1 Å². The molecule has 2 aromatic heterocycles. The van der Waals surface area contributed by atoms with Crippen LogP contribution >= 0.6 is 0 Å². The number of anilines is 1. The van der Waals surface area contributed by atoms with Crippen molar-refractivity contribution >= 4 is 22.8 Å². The fourth-order valence-corrected chi connectivity index (χ4v) is 2.31. The average molecular weight is 357 g/mol. The molecule has 0 spiro atoms. The van der Waals surface area contributed by atoms with E-state index >= 15 is 0 Å². The number of nitrogens with one attached hydrogen (secondary N) is 1. The first-order valence-electron chi connectivity index (χ1n) is 7.83. The Morgan fingerprint density at radius 2 is 2.00 bits per heavy atom. The monoisotopic (exact) mass is 357 g/mol. The number of carbonyl (C=O) groups is 1. The number of fused-ring (bicyclic) bond motifs is 1. The lowest BCUT2D eigenvalue weighted by molar-refractivity contribution is 0.0924. The molecule has 0 atom stereocenters. The lowest BCUT2D eigenvalue weighted by atomic mass is 10.2. The molecule has 2 heterocycles. The van der Waals surface area contributed by atoms with Crippen molar-refractivity contribution in [2.24, 2.45) is 0 Å². The number of carbonyl (C=O) groups excluding carboxylic acids is 1. The van der Waals surface area contributed by atoms with Gasteiger partial charge in [-0.3, -0.25) is 4.79 Å². The van der Waals surface area contributed by atoms with Crippen molar-refractivity contribution in [3.63, 3.8) is 0 Å². The minimum Gasteiger partial charge on any atom is -0.493 e. The van der Waals surface area contributed by atoms with E-state index in [4.69, 9.17) is 13.9 Å². The first-order chi connectivity index (χ1) is 12.5. The number of benzene rings is 1. The van der Waals surface area contributed by atoms with Gasteiger partial charge in [0.15, 0.2) is 22.9 Å². The van der Waals surface area contributed by atoms with Crippen LogP contribution in [0, 0.1) is 0 Å². The van der Waals surface area contributed by atoms with Gasteiger partial charge in [0.05, 0.1) is 20.8 Å². The first-order valence-corrected chi connectivity index (χ1v) is 7.83. The van der Waals surface area contributed by atoms with Crippen LogP contribution < -0.4 is 19.7 Å². The molecule has 1 aromatic carbocycles. The van der Waals surface area contributed by atoms with E-state index in [0.29, 0.717) is 23.1 Å². The first kappa shape index (κ1) is 17.5. The summed E-state index contributed by atoms with van der Waals surface area (Å²) in [5, 5.41) is 3.51. The van der Waals surface area contributed by atoms with Crippen molar-refractivity contribution in [1.29, 1.82) is 0 Å². The van der Waals surface area contributed by atoms with Crippen molar-refractivity contribution in [3.05, 3.63) is 35.9 Å². The maximum atomic E-state index is 12.4. The summed E-state index contributed by atoms with van der Waals surface area (Å²) in [6, 6.07) is 7.29. The molecule has 9 heteroatoms. The number of hydrogen-bond donors (Lipinski definition) is 1. The quantitative estimate of drug-likeness (QED) is 0.710. The molecule has 0 fully saturated rings. The molecule has 1 amide bonds. The normalized spacial score (nSPS) is 10.6. The van der Waals surface area contributed by atoms with E-state index in [1.54, 1.807) is 38.2 Å². The maximum absolute atomic E-state index is 12.4. The Morgan fingerprint density at radius 3 is 2.69 bits per heavy atom. The second kappa shape index (κ2) is 7.26. The van der Waals surface area contributed by atoms with Gasteiger partial charge in [0.2, 0.25) is 5.95 Å². The molecular weight excluding hydrogens is 338 g/mol. The summed E-state index contributed by atoms with van der Waals surface area (Å²) in [5.74, 6) is 1.18. The van der Waals surface area contributed by atoms with Gasteiger partial charge in [-0.05, 0) is 12.1 Å². The van der Waals surface area contributed by atoms with E-state index in [1.165, 1.54) is 7.11 Å². The van der Waals surface area contributed by atoms with Crippen molar-refractivity contribution in [2.75, 3.05) is 33.2 Å². The zero-order chi connectivity index (χ0) is 18.7. The van der Waals surface area contributed by atoms with Crippen LogP contribution in [0.3, 0.4) is 0 Å². The Balaban J connectivity index is 1.78. The van der Waals surface area contributed by atoms with Crippen molar-refractivity contribution < 1.29 is 18.7 Å². The number of rotatable bonds is 6. The summed E-state index contributed by atoms with van der Waals surface area (Å²) in [7, 11) is 6.63. The number of nitrogens with zero attached hydrogens (tertiary/aromatic N) is 4. The third-order valence-corrected chi connectivity index (χ3v) is 3.59. The molecule has 0 bridgehead atoms. The zero-order valence-electron chi connectivity index (χ0n) is 14.9. The Kier molecular flexibility index (Phi) is 4.87. The highest BCUT2D eigenvalue weighted by Gasteiger charge is 2.16. The Labute approximate surface area is 150 Å². The maximum Gasteiger partial charge on any atom is 0.321 e. The Bertz CT molecular complexity index is 938. The highest BCUT2D eigenvalue weighted by molar-refractivity contribution is 5.97. The van der Waals surface area contributed by atoms with Gasteiger partial charge in [0.25, 0.3) is 5.91 Å². The van der Waals surface area contributed by atoms with Gasteiger partial charge in [-0.2, -0.15) is 15.0 Å². The van der Waals surface area contributed by atoms with Crippen LogP contribution in [0.15, 0.2) is 28.7 Å².